The van der Waals surface area contributed by atoms with Crippen molar-refractivity contribution in [2.45, 2.75) is 0 Å². The van der Waals surface area contributed by atoms with E-state index in [0.29, 0.717) is 11.3 Å². The standard InChI is InChI=1S/C25H19N5O/c1-30-16-26-29-24(30)18-10-7-11-19(14-18)27-25(31)21-15-23(17-8-3-2-4-9-17)28-22-13-6-5-12-20(21)22/h2-16H,1H3,(H,27,31). The molecule has 6 heteroatoms. The van der Waals surface area contributed by atoms with Gasteiger partial charge < -0.3 is 9.88 Å². The quantitative estimate of drug-likeness (QED) is 0.459. The summed E-state index contributed by atoms with van der Waals surface area (Å²) in [6.45, 7) is 0. The lowest BCUT2D eigenvalue weighted by molar-refractivity contribution is 0.102. The van der Waals surface area contributed by atoms with Gasteiger partial charge >= 0.3 is 0 Å². The van der Waals surface area contributed by atoms with Gasteiger partial charge in [0.05, 0.1) is 16.8 Å². The molecule has 0 aliphatic rings. The molecule has 0 aliphatic carbocycles. The van der Waals surface area contributed by atoms with Crippen molar-refractivity contribution in [2.24, 2.45) is 7.05 Å². The highest BCUT2D eigenvalue weighted by atomic mass is 16.1. The number of para-hydroxylation sites is 1. The summed E-state index contributed by atoms with van der Waals surface area (Å²) in [7, 11) is 1.88. The molecule has 5 rings (SSSR count). The van der Waals surface area contributed by atoms with E-state index in [4.69, 9.17) is 4.98 Å². The summed E-state index contributed by atoms with van der Waals surface area (Å²) < 4.78 is 1.84. The molecule has 0 bridgehead atoms. The summed E-state index contributed by atoms with van der Waals surface area (Å²) in [5, 5.41) is 11.9. The average Bonchev–Trinajstić information content (AvgIpc) is 3.25. The van der Waals surface area contributed by atoms with Gasteiger partial charge in [0.15, 0.2) is 5.82 Å². The number of hydrogen-bond acceptors (Lipinski definition) is 4. The van der Waals surface area contributed by atoms with Crippen molar-refractivity contribution in [3.8, 4) is 22.6 Å². The van der Waals surface area contributed by atoms with E-state index in [1.165, 1.54) is 0 Å². The number of aromatic nitrogens is 4. The van der Waals surface area contributed by atoms with E-state index >= 15 is 0 Å². The van der Waals surface area contributed by atoms with Gasteiger partial charge in [0, 0.05) is 29.2 Å². The predicted molar refractivity (Wildman–Crippen MR) is 122 cm³/mol. The molecule has 0 saturated carbocycles. The van der Waals surface area contributed by atoms with E-state index in [-0.39, 0.29) is 5.91 Å². The maximum atomic E-state index is 13.3. The van der Waals surface area contributed by atoms with Gasteiger partial charge in [-0.05, 0) is 24.3 Å². The van der Waals surface area contributed by atoms with Crippen molar-refractivity contribution in [3.05, 3.63) is 96.8 Å². The van der Waals surface area contributed by atoms with E-state index in [1.54, 1.807) is 6.33 Å². The zero-order chi connectivity index (χ0) is 21.2. The number of rotatable bonds is 4. The third-order valence-electron chi connectivity index (χ3n) is 5.12. The number of anilines is 1. The van der Waals surface area contributed by atoms with Crippen LogP contribution in [0.2, 0.25) is 0 Å². The fourth-order valence-corrected chi connectivity index (χ4v) is 3.60. The second-order valence-corrected chi connectivity index (χ2v) is 7.24. The number of nitrogens with zero attached hydrogens (tertiary/aromatic N) is 4. The Morgan fingerprint density at radius 2 is 1.65 bits per heavy atom. The van der Waals surface area contributed by atoms with Crippen molar-refractivity contribution >= 4 is 22.5 Å². The Bertz CT molecular complexity index is 1390. The minimum Gasteiger partial charge on any atom is -0.322 e. The lowest BCUT2D eigenvalue weighted by atomic mass is 10.0. The second-order valence-electron chi connectivity index (χ2n) is 7.24. The number of aryl methyl sites for hydroxylation is 1. The molecule has 0 radical (unpaired) electrons. The van der Waals surface area contributed by atoms with Gasteiger partial charge in [-0.15, -0.1) is 10.2 Å². The van der Waals surface area contributed by atoms with E-state index in [2.05, 4.69) is 15.5 Å². The van der Waals surface area contributed by atoms with Gasteiger partial charge in [-0.1, -0.05) is 60.7 Å². The van der Waals surface area contributed by atoms with Gasteiger partial charge in [-0.2, -0.15) is 0 Å². The van der Waals surface area contributed by atoms with E-state index in [9.17, 15) is 4.79 Å². The fraction of sp³-hybridized carbons (Fsp3) is 0.0400. The molecule has 0 fully saturated rings. The predicted octanol–water partition coefficient (Wildman–Crippen LogP) is 4.95. The van der Waals surface area contributed by atoms with E-state index in [1.807, 2.05) is 96.5 Å². The third kappa shape index (κ3) is 3.67. The van der Waals surface area contributed by atoms with Crippen LogP contribution in [0.3, 0.4) is 0 Å². The summed E-state index contributed by atoms with van der Waals surface area (Å²) in [4.78, 5) is 18.1. The SMILES string of the molecule is Cn1cnnc1-c1cccc(NC(=O)c2cc(-c3ccccc3)nc3ccccc23)c1. The molecule has 2 heterocycles. The lowest BCUT2D eigenvalue weighted by Gasteiger charge is -2.11. The summed E-state index contributed by atoms with van der Waals surface area (Å²) in [6.07, 6.45) is 1.65. The van der Waals surface area contributed by atoms with Crippen LogP contribution in [0.5, 0.6) is 0 Å². The summed E-state index contributed by atoms with van der Waals surface area (Å²) >= 11 is 0. The Hall–Kier alpha value is -4.32. The van der Waals surface area contributed by atoms with Gasteiger partial charge in [0.2, 0.25) is 0 Å². The number of carbonyl (C=O) groups is 1. The number of pyridine rings is 1. The van der Waals surface area contributed by atoms with Gasteiger partial charge in [0.25, 0.3) is 5.91 Å². The zero-order valence-electron chi connectivity index (χ0n) is 16.9. The highest BCUT2D eigenvalue weighted by Gasteiger charge is 2.15. The number of benzene rings is 3. The van der Waals surface area contributed by atoms with Crippen LogP contribution in [-0.2, 0) is 7.05 Å². The summed E-state index contributed by atoms with van der Waals surface area (Å²) in [5.41, 5.74) is 4.65. The van der Waals surface area contributed by atoms with Crippen LogP contribution in [0.1, 0.15) is 10.4 Å². The summed E-state index contributed by atoms with van der Waals surface area (Å²) in [6, 6.07) is 27.0. The summed E-state index contributed by atoms with van der Waals surface area (Å²) in [5.74, 6) is 0.544. The number of amides is 1. The minimum atomic E-state index is -0.189. The first-order valence-corrected chi connectivity index (χ1v) is 9.90. The molecule has 1 N–H and O–H groups in total. The molecule has 0 spiro atoms. The van der Waals surface area contributed by atoms with Crippen molar-refractivity contribution in [1.82, 2.24) is 19.7 Å². The van der Waals surface area contributed by atoms with Crippen molar-refractivity contribution in [2.75, 3.05) is 5.32 Å². The Kier molecular flexibility index (Phi) is 4.72. The van der Waals surface area contributed by atoms with Gasteiger partial charge in [0.1, 0.15) is 6.33 Å². The Morgan fingerprint density at radius 3 is 2.45 bits per heavy atom. The smallest absolute Gasteiger partial charge is 0.256 e. The van der Waals surface area contributed by atoms with Crippen LogP contribution < -0.4 is 5.32 Å². The zero-order valence-corrected chi connectivity index (χ0v) is 16.9. The van der Waals surface area contributed by atoms with Crippen LogP contribution in [0.15, 0.2) is 91.3 Å². The molecule has 0 aliphatic heterocycles. The fourth-order valence-electron chi connectivity index (χ4n) is 3.60. The molecule has 0 saturated heterocycles. The number of nitrogens with one attached hydrogen (secondary N) is 1. The average molecular weight is 405 g/mol. The van der Waals surface area contributed by atoms with Gasteiger partial charge in [-0.3, -0.25) is 4.79 Å². The molecule has 5 aromatic rings. The number of fused-ring (bicyclic) bond motifs is 1. The minimum absolute atomic E-state index is 0.189. The molecule has 6 nitrogen and oxygen atoms in total. The third-order valence-corrected chi connectivity index (χ3v) is 5.12. The van der Waals surface area contributed by atoms with Gasteiger partial charge in [-0.25, -0.2) is 4.98 Å². The molecule has 0 atom stereocenters. The first-order chi connectivity index (χ1) is 15.2. The second kappa shape index (κ2) is 7.84. The van der Waals surface area contributed by atoms with Crippen LogP contribution in [0, 0.1) is 0 Å². The van der Waals surface area contributed by atoms with Crippen molar-refractivity contribution in [1.29, 1.82) is 0 Å². The normalized spacial score (nSPS) is 10.9. The Morgan fingerprint density at radius 1 is 0.871 bits per heavy atom. The number of carbonyl (C=O) groups excluding carboxylic acids is 1. The van der Waals surface area contributed by atoms with Crippen molar-refractivity contribution < 1.29 is 4.79 Å². The highest BCUT2D eigenvalue weighted by molar-refractivity contribution is 6.13. The first-order valence-electron chi connectivity index (χ1n) is 9.90. The van der Waals surface area contributed by atoms with Crippen LogP contribution >= 0.6 is 0 Å². The van der Waals surface area contributed by atoms with Crippen molar-refractivity contribution in [3.63, 3.8) is 0 Å². The van der Waals surface area contributed by atoms with Crippen LogP contribution in [-0.4, -0.2) is 25.7 Å². The monoisotopic (exact) mass is 405 g/mol. The largest absolute Gasteiger partial charge is 0.322 e. The lowest BCUT2D eigenvalue weighted by Crippen LogP contribution is -2.13. The topological polar surface area (TPSA) is 72.7 Å². The molecule has 3 aromatic carbocycles. The molecule has 0 unspecified atom stereocenters. The highest BCUT2D eigenvalue weighted by Crippen LogP contribution is 2.26. The van der Waals surface area contributed by atoms with E-state index < -0.39 is 0 Å². The molecule has 31 heavy (non-hydrogen) atoms. The Balaban J connectivity index is 1.54. The van der Waals surface area contributed by atoms with Crippen LogP contribution in [0.4, 0.5) is 5.69 Å². The maximum absolute atomic E-state index is 13.3. The molecule has 2 aromatic heterocycles. The Labute approximate surface area is 179 Å². The number of hydrogen-bond donors (Lipinski definition) is 1. The molecular weight excluding hydrogens is 386 g/mol. The molecule has 1 amide bonds. The maximum Gasteiger partial charge on any atom is 0.256 e. The van der Waals surface area contributed by atoms with E-state index in [0.717, 1.165) is 33.5 Å². The molecule has 150 valence electrons. The van der Waals surface area contributed by atoms with Crippen LogP contribution in [0.25, 0.3) is 33.5 Å². The molecular formula is C25H19N5O. The first kappa shape index (κ1) is 18.7.